The van der Waals surface area contributed by atoms with E-state index in [4.69, 9.17) is 9.26 Å². The molecule has 0 saturated carbocycles. The van der Waals surface area contributed by atoms with E-state index < -0.39 is 11.6 Å². The molecule has 140 valence electrons. The average Bonchev–Trinajstić information content (AvgIpc) is 3.34. The number of likely N-dealkylation sites (tertiary alicyclic amines) is 1. The standard InChI is InChI=1S/C20H19F2N3O2/c1-26-16-5-3-14(4-6-16)19-23-20(27-24-19)15-8-9-25(12-15)11-13-2-7-17(21)18(22)10-13/h2-7,10,15H,8-9,11-12H2,1H3/t15-/m1/s1. The fraction of sp³-hybridized carbons (Fsp3) is 0.300. The van der Waals surface area contributed by atoms with Gasteiger partial charge in [0.1, 0.15) is 5.75 Å². The number of halogens is 2. The zero-order valence-electron chi connectivity index (χ0n) is 14.9. The SMILES string of the molecule is COc1ccc(-c2noc([C@@H]3CCN(Cc4ccc(F)c(F)c4)C3)n2)cc1. The number of methoxy groups -OCH3 is 1. The van der Waals surface area contributed by atoms with Crippen molar-refractivity contribution < 1.29 is 18.0 Å². The van der Waals surface area contributed by atoms with Crippen LogP contribution in [-0.2, 0) is 6.54 Å². The number of aromatic nitrogens is 2. The molecule has 0 aliphatic carbocycles. The quantitative estimate of drug-likeness (QED) is 0.678. The van der Waals surface area contributed by atoms with Crippen LogP contribution in [0.4, 0.5) is 8.78 Å². The third kappa shape index (κ3) is 3.83. The van der Waals surface area contributed by atoms with Crippen molar-refractivity contribution in [3.63, 3.8) is 0 Å². The third-order valence-corrected chi connectivity index (χ3v) is 4.80. The van der Waals surface area contributed by atoms with Gasteiger partial charge in [-0.25, -0.2) is 8.78 Å². The number of hydrogen-bond donors (Lipinski definition) is 0. The van der Waals surface area contributed by atoms with Gasteiger partial charge in [-0.2, -0.15) is 4.98 Å². The molecule has 7 heteroatoms. The van der Waals surface area contributed by atoms with Gasteiger partial charge >= 0.3 is 0 Å². The molecule has 0 unspecified atom stereocenters. The van der Waals surface area contributed by atoms with Gasteiger partial charge in [-0.1, -0.05) is 11.2 Å². The van der Waals surface area contributed by atoms with Crippen molar-refractivity contribution in [2.75, 3.05) is 20.2 Å². The van der Waals surface area contributed by atoms with E-state index >= 15 is 0 Å². The molecule has 0 radical (unpaired) electrons. The molecule has 1 atom stereocenters. The average molecular weight is 371 g/mol. The van der Waals surface area contributed by atoms with Crippen molar-refractivity contribution in [3.8, 4) is 17.1 Å². The molecule has 1 fully saturated rings. The summed E-state index contributed by atoms with van der Waals surface area (Å²) in [6.45, 7) is 2.14. The van der Waals surface area contributed by atoms with E-state index in [-0.39, 0.29) is 5.92 Å². The molecule has 0 amide bonds. The Balaban J connectivity index is 1.41. The highest BCUT2D eigenvalue weighted by molar-refractivity contribution is 5.55. The predicted molar refractivity (Wildman–Crippen MR) is 95.3 cm³/mol. The molecule has 1 saturated heterocycles. The number of nitrogens with zero attached hydrogens (tertiary/aromatic N) is 3. The molecular formula is C20H19F2N3O2. The zero-order chi connectivity index (χ0) is 18.8. The van der Waals surface area contributed by atoms with Crippen LogP contribution in [0.3, 0.4) is 0 Å². The monoisotopic (exact) mass is 371 g/mol. The van der Waals surface area contributed by atoms with Crippen LogP contribution in [-0.4, -0.2) is 35.2 Å². The summed E-state index contributed by atoms with van der Waals surface area (Å²) < 4.78 is 37.0. The number of hydrogen-bond acceptors (Lipinski definition) is 5. The smallest absolute Gasteiger partial charge is 0.231 e. The van der Waals surface area contributed by atoms with Gasteiger partial charge in [0.25, 0.3) is 0 Å². The highest BCUT2D eigenvalue weighted by atomic mass is 19.2. The van der Waals surface area contributed by atoms with E-state index in [1.165, 1.54) is 6.07 Å². The summed E-state index contributed by atoms with van der Waals surface area (Å²) in [5.41, 5.74) is 1.61. The summed E-state index contributed by atoms with van der Waals surface area (Å²) in [4.78, 5) is 6.71. The fourth-order valence-corrected chi connectivity index (χ4v) is 3.33. The van der Waals surface area contributed by atoms with Gasteiger partial charge in [-0.15, -0.1) is 0 Å². The lowest BCUT2D eigenvalue weighted by molar-refractivity contribution is 0.308. The minimum atomic E-state index is -0.824. The molecule has 3 aromatic rings. The summed E-state index contributed by atoms with van der Waals surface area (Å²) in [6, 6.07) is 11.5. The highest BCUT2D eigenvalue weighted by Gasteiger charge is 2.28. The van der Waals surface area contributed by atoms with Gasteiger partial charge in [-0.3, -0.25) is 4.90 Å². The molecule has 0 bridgehead atoms. The molecule has 1 aliphatic rings. The molecule has 0 N–H and O–H groups in total. The van der Waals surface area contributed by atoms with Gasteiger partial charge in [0.05, 0.1) is 13.0 Å². The fourth-order valence-electron chi connectivity index (χ4n) is 3.33. The molecule has 5 nitrogen and oxygen atoms in total. The maximum atomic E-state index is 13.4. The number of benzene rings is 2. The van der Waals surface area contributed by atoms with Gasteiger partial charge in [0, 0.05) is 18.7 Å². The number of ether oxygens (including phenoxy) is 1. The van der Waals surface area contributed by atoms with E-state index in [1.54, 1.807) is 13.2 Å². The van der Waals surface area contributed by atoms with Crippen LogP contribution in [0.5, 0.6) is 5.75 Å². The van der Waals surface area contributed by atoms with Gasteiger partial charge in [0.2, 0.25) is 11.7 Å². The maximum Gasteiger partial charge on any atom is 0.231 e. The molecule has 0 spiro atoms. The van der Waals surface area contributed by atoms with Crippen molar-refractivity contribution in [1.82, 2.24) is 15.0 Å². The molecule has 1 aromatic heterocycles. The second-order valence-corrected chi connectivity index (χ2v) is 6.65. The third-order valence-electron chi connectivity index (χ3n) is 4.80. The lowest BCUT2D eigenvalue weighted by Crippen LogP contribution is -2.20. The largest absolute Gasteiger partial charge is 0.497 e. The van der Waals surface area contributed by atoms with Crippen LogP contribution >= 0.6 is 0 Å². The van der Waals surface area contributed by atoms with Crippen LogP contribution in [0, 0.1) is 11.6 Å². The number of rotatable bonds is 5. The Hall–Kier alpha value is -2.80. The van der Waals surface area contributed by atoms with E-state index in [9.17, 15) is 8.78 Å². The predicted octanol–water partition coefficient (Wildman–Crippen LogP) is 4.01. The summed E-state index contributed by atoms with van der Waals surface area (Å²) in [5, 5.41) is 4.08. The van der Waals surface area contributed by atoms with Gasteiger partial charge in [0.15, 0.2) is 11.6 Å². The van der Waals surface area contributed by atoms with Gasteiger partial charge in [-0.05, 0) is 54.9 Å². The Kier molecular flexibility index (Phi) is 4.85. The summed E-state index contributed by atoms with van der Waals surface area (Å²) in [7, 11) is 1.62. The first kappa shape index (κ1) is 17.6. The Bertz CT molecular complexity index is 927. The Morgan fingerprint density at radius 1 is 1.15 bits per heavy atom. The first-order valence-corrected chi connectivity index (χ1v) is 8.76. The Morgan fingerprint density at radius 3 is 2.70 bits per heavy atom. The molecule has 2 aromatic carbocycles. The van der Waals surface area contributed by atoms with Crippen LogP contribution < -0.4 is 4.74 Å². The molecule has 1 aliphatic heterocycles. The Labute approximate surface area is 155 Å². The van der Waals surface area contributed by atoms with E-state index in [0.29, 0.717) is 18.3 Å². The first-order chi connectivity index (χ1) is 13.1. The van der Waals surface area contributed by atoms with Crippen LogP contribution in [0.2, 0.25) is 0 Å². The van der Waals surface area contributed by atoms with Crippen LogP contribution in [0.1, 0.15) is 23.8 Å². The molecule has 2 heterocycles. The van der Waals surface area contributed by atoms with Crippen molar-refractivity contribution in [2.45, 2.75) is 18.9 Å². The molecular weight excluding hydrogens is 352 g/mol. The second kappa shape index (κ2) is 7.44. The minimum absolute atomic E-state index is 0.134. The maximum absolute atomic E-state index is 13.4. The highest BCUT2D eigenvalue weighted by Crippen LogP contribution is 2.29. The van der Waals surface area contributed by atoms with Crippen molar-refractivity contribution in [1.29, 1.82) is 0 Å². The summed E-state index contributed by atoms with van der Waals surface area (Å²) in [5.74, 6) is 0.417. The van der Waals surface area contributed by atoms with E-state index in [2.05, 4.69) is 15.0 Å². The van der Waals surface area contributed by atoms with Gasteiger partial charge < -0.3 is 9.26 Å². The van der Waals surface area contributed by atoms with Crippen molar-refractivity contribution >= 4 is 0 Å². The molecule has 27 heavy (non-hydrogen) atoms. The van der Waals surface area contributed by atoms with E-state index in [0.717, 1.165) is 42.5 Å². The molecule has 4 rings (SSSR count). The van der Waals surface area contributed by atoms with E-state index in [1.807, 2.05) is 24.3 Å². The van der Waals surface area contributed by atoms with Crippen molar-refractivity contribution in [3.05, 3.63) is 65.6 Å². The first-order valence-electron chi connectivity index (χ1n) is 8.76. The summed E-state index contributed by atoms with van der Waals surface area (Å²) in [6.07, 6.45) is 0.883. The Morgan fingerprint density at radius 2 is 1.96 bits per heavy atom. The lowest BCUT2D eigenvalue weighted by Gasteiger charge is -2.15. The second-order valence-electron chi connectivity index (χ2n) is 6.65. The van der Waals surface area contributed by atoms with Crippen molar-refractivity contribution in [2.24, 2.45) is 0 Å². The normalized spacial score (nSPS) is 17.4. The summed E-state index contributed by atoms with van der Waals surface area (Å²) >= 11 is 0. The zero-order valence-corrected chi connectivity index (χ0v) is 14.9. The lowest BCUT2D eigenvalue weighted by atomic mass is 10.1. The van der Waals surface area contributed by atoms with Crippen LogP contribution in [0.15, 0.2) is 47.0 Å². The topological polar surface area (TPSA) is 51.4 Å². The minimum Gasteiger partial charge on any atom is -0.497 e. The van der Waals surface area contributed by atoms with Crippen LogP contribution in [0.25, 0.3) is 11.4 Å².